The number of benzene rings is 1. The molecule has 0 saturated heterocycles. The third kappa shape index (κ3) is 3.09. The van der Waals surface area contributed by atoms with Crippen LogP contribution >= 0.6 is 0 Å². The highest BCUT2D eigenvalue weighted by atomic mass is 14.9. The highest BCUT2D eigenvalue weighted by Crippen LogP contribution is 2.23. The first-order valence-electron chi connectivity index (χ1n) is 6.71. The number of rotatable bonds is 5. The van der Waals surface area contributed by atoms with Gasteiger partial charge in [0.1, 0.15) is 0 Å². The van der Waals surface area contributed by atoms with Crippen LogP contribution in [0.15, 0.2) is 29.3 Å². The first kappa shape index (κ1) is 12.2. The number of hydrogen-bond donors (Lipinski definition) is 1. The van der Waals surface area contributed by atoms with Gasteiger partial charge in [0.05, 0.1) is 0 Å². The number of hydrogen-bond acceptors (Lipinski definition) is 2. The maximum atomic E-state index is 4.70. The number of aliphatic imine (C=N–C) groups is 1. The SMILES string of the molecule is CCCC1CN=C(c2cccc(NCC)c2)C1. The van der Waals surface area contributed by atoms with E-state index in [-0.39, 0.29) is 0 Å². The van der Waals surface area contributed by atoms with Gasteiger partial charge in [0.2, 0.25) is 0 Å². The van der Waals surface area contributed by atoms with Crippen molar-refractivity contribution >= 4 is 11.4 Å². The summed E-state index contributed by atoms with van der Waals surface area (Å²) in [5.74, 6) is 0.776. The molecule has 0 spiro atoms. The second kappa shape index (κ2) is 5.85. The van der Waals surface area contributed by atoms with Gasteiger partial charge in [-0.25, -0.2) is 0 Å². The summed E-state index contributed by atoms with van der Waals surface area (Å²) in [5.41, 5.74) is 3.79. The Morgan fingerprint density at radius 1 is 1.35 bits per heavy atom. The minimum Gasteiger partial charge on any atom is -0.385 e. The van der Waals surface area contributed by atoms with Crippen molar-refractivity contribution in [1.82, 2.24) is 0 Å². The molecule has 0 radical (unpaired) electrons. The summed E-state index contributed by atoms with van der Waals surface area (Å²) in [6, 6.07) is 8.62. The maximum Gasteiger partial charge on any atom is 0.0424 e. The minimum absolute atomic E-state index is 0.776. The average molecular weight is 230 g/mol. The van der Waals surface area contributed by atoms with Crippen LogP contribution < -0.4 is 5.32 Å². The van der Waals surface area contributed by atoms with Gasteiger partial charge in [-0.05, 0) is 43.4 Å². The van der Waals surface area contributed by atoms with Crippen molar-refractivity contribution in [2.45, 2.75) is 33.1 Å². The zero-order valence-electron chi connectivity index (χ0n) is 10.9. The molecule has 1 aliphatic rings. The fourth-order valence-electron chi connectivity index (χ4n) is 2.47. The first-order chi connectivity index (χ1) is 8.33. The van der Waals surface area contributed by atoms with Crippen LogP contribution in [0.1, 0.15) is 38.7 Å². The lowest BCUT2D eigenvalue weighted by Gasteiger charge is -2.08. The molecule has 0 amide bonds. The molecule has 0 aromatic heterocycles. The molecule has 1 heterocycles. The summed E-state index contributed by atoms with van der Waals surface area (Å²) in [6.45, 7) is 6.36. The Hall–Kier alpha value is -1.31. The number of nitrogens with zero attached hydrogens (tertiary/aromatic N) is 1. The second-order valence-corrected chi connectivity index (χ2v) is 4.76. The Balaban J connectivity index is 2.05. The Labute approximate surface area is 104 Å². The Morgan fingerprint density at radius 3 is 3.00 bits per heavy atom. The normalized spacial score (nSPS) is 19.2. The quantitative estimate of drug-likeness (QED) is 0.819. The van der Waals surface area contributed by atoms with Gasteiger partial charge in [0, 0.05) is 24.5 Å². The van der Waals surface area contributed by atoms with E-state index in [1.165, 1.54) is 29.8 Å². The molecule has 2 nitrogen and oxygen atoms in total. The number of anilines is 1. The summed E-state index contributed by atoms with van der Waals surface area (Å²) in [6.07, 6.45) is 3.73. The van der Waals surface area contributed by atoms with E-state index in [0.717, 1.165) is 25.4 Å². The monoisotopic (exact) mass is 230 g/mol. The van der Waals surface area contributed by atoms with Crippen LogP contribution in [-0.4, -0.2) is 18.8 Å². The Bertz CT molecular complexity index is 396. The fraction of sp³-hybridized carbons (Fsp3) is 0.533. The number of nitrogens with one attached hydrogen (secondary N) is 1. The topological polar surface area (TPSA) is 24.4 Å². The minimum atomic E-state index is 0.776. The maximum absolute atomic E-state index is 4.70. The van der Waals surface area contributed by atoms with Crippen LogP contribution in [-0.2, 0) is 0 Å². The third-order valence-electron chi connectivity index (χ3n) is 3.30. The molecule has 0 aliphatic carbocycles. The van der Waals surface area contributed by atoms with E-state index < -0.39 is 0 Å². The molecule has 92 valence electrons. The standard InChI is InChI=1S/C15H22N2/c1-3-6-12-9-15(17-11-12)13-7-5-8-14(10-13)16-4-2/h5,7-8,10,12,16H,3-4,6,9,11H2,1-2H3. The van der Waals surface area contributed by atoms with Gasteiger partial charge in [-0.2, -0.15) is 0 Å². The van der Waals surface area contributed by atoms with Crippen molar-refractivity contribution in [1.29, 1.82) is 0 Å². The molecule has 0 bridgehead atoms. The van der Waals surface area contributed by atoms with Crippen molar-refractivity contribution in [2.75, 3.05) is 18.4 Å². The van der Waals surface area contributed by atoms with Crippen molar-refractivity contribution in [3.63, 3.8) is 0 Å². The molecule has 1 aliphatic heterocycles. The largest absolute Gasteiger partial charge is 0.385 e. The van der Waals surface area contributed by atoms with Crippen molar-refractivity contribution in [3.05, 3.63) is 29.8 Å². The van der Waals surface area contributed by atoms with E-state index >= 15 is 0 Å². The molecule has 1 N–H and O–H groups in total. The zero-order chi connectivity index (χ0) is 12.1. The molecular formula is C15H22N2. The Kier molecular flexibility index (Phi) is 4.18. The van der Waals surface area contributed by atoms with Gasteiger partial charge in [-0.15, -0.1) is 0 Å². The van der Waals surface area contributed by atoms with Gasteiger partial charge in [-0.1, -0.05) is 25.5 Å². The van der Waals surface area contributed by atoms with Gasteiger partial charge in [0.25, 0.3) is 0 Å². The van der Waals surface area contributed by atoms with Crippen molar-refractivity contribution < 1.29 is 0 Å². The van der Waals surface area contributed by atoms with Crippen molar-refractivity contribution in [2.24, 2.45) is 10.9 Å². The highest BCUT2D eigenvalue weighted by molar-refractivity contribution is 6.02. The first-order valence-corrected chi connectivity index (χ1v) is 6.71. The van der Waals surface area contributed by atoms with Gasteiger partial charge >= 0.3 is 0 Å². The van der Waals surface area contributed by atoms with Gasteiger partial charge < -0.3 is 5.32 Å². The molecule has 2 heteroatoms. The summed E-state index contributed by atoms with van der Waals surface area (Å²) in [4.78, 5) is 4.70. The molecule has 1 aromatic carbocycles. The zero-order valence-corrected chi connectivity index (χ0v) is 10.9. The fourth-order valence-corrected chi connectivity index (χ4v) is 2.47. The van der Waals surface area contributed by atoms with Crippen LogP contribution in [0.2, 0.25) is 0 Å². The van der Waals surface area contributed by atoms with E-state index in [4.69, 9.17) is 4.99 Å². The molecule has 1 atom stereocenters. The highest BCUT2D eigenvalue weighted by Gasteiger charge is 2.18. The summed E-state index contributed by atoms with van der Waals surface area (Å²) < 4.78 is 0. The predicted molar refractivity (Wildman–Crippen MR) is 75.0 cm³/mol. The summed E-state index contributed by atoms with van der Waals surface area (Å²) in [5, 5.41) is 3.35. The lowest BCUT2D eigenvalue weighted by atomic mass is 9.97. The van der Waals surface area contributed by atoms with Crippen LogP contribution in [0, 0.1) is 5.92 Å². The van der Waals surface area contributed by atoms with Crippen molar-refractivity contribution in [3.8, 4) is 0 Å². The van der Waals surface area contributed by atoms with E-state index in [1.807, 2.05) is 0 Å². The van der Waals surface area contributed by atoms with Crippen LogP contribution in [0.5, 0.6) is 0 Å². The molecule has 2 rings (SSSR count). The molecule has 1 aromatic rings. The predicted octanol–water partition coefficient (Wildman–Crippen LogP) is 3.73. The van der Waals surface area contributed by atoms with Crippen LogP contribution in [0.4, 0.5) is 5.69 Å². The van der Waals surface area contributed by atoms with Gasteiger partial charge in [0.15, 0.2) is 0 Å². The van der Waals surface area contributed by atoms with Gasteiger partial charge in [-0.3, -0.25) is 4.99 Å². The Morgan fingerprint density at radius 2 is 2.24 bits per heavy atom. The third-order valence-corrected chi connectivity index (χ3v) is 3.30. The smallest absolute Gasteiger partial charge is 0.0424 e. The van der Waals surface area contributed by atoms with Crippen LogP contribution in [0.3, 0.4) is 0 Å². The van der Waals surface area contributed by atoms with E-state index in [2.05, 4.69) is 43.4 Å². The molecule has 17 heavy (non-hydrogen) atoms. The molecular weight excluding hydrogens is 208 g/mol. The van der Waals surface area contributed by atoms with Crippen LogP contribution in [0.25, 0.3) is 0 Å². The molecule has 1 unspecified atom stereocenters. The average Bonchev–Trinajstić information content (AvgIpc) is 2.79. The van der Waals surface area contributed by atoms with E-state index in [9.17, 15) is 0 Å². The van der Waals surface area contributed by atoms with E-state index in [1.54, 1.807) is 0 Å². The second-order valence-electron chi connectivity index (χ2n) is 4.76. The molecule has 0 saturated carbocycles. The summed E-state index contributed by atoms with van der Waals surface area (Å²) in [7, 11) is 0. The molecule has 0 fully saturated rings. The lowest BCUT2D eigenvalue weighted by molar-refractivity contribution is 0.533. The van der Waals surface area contributed by atoms with E-state index in [0.29, 0.717) is 0 Å². The summed E-state index contributed by atoms with van der Waals surface area (Å²) >= 11 is 0. The lowest BCUT2D eigenvalue weighted by Crippen LogP contribution is -2.04.